The lowest BCUT2D eigenvalue weighted by Crippen LogP contribution is -2.00. The van der Waals surface area contributed by atoms with Gasteiger partial charge in [0.15, 0.2) is 34.9 Å². The fraction of sp³-hybridized carbons (Fsp3) is 0.00787. The molecule has 8 heterocycles. The number of hydrogen-bond donors (Lipinski definition) is 0. The summed E-state index contributed by atoms with van der Waals surface area (Å²) in [5.41, 5.74) is 33.1. The molecular weight excluding hydrogens is 1700 g/mol. The third-order valence-corrected chi connectivity index (χ3v) is 27.4. The number of nitrogens with zero attached hydrogens (tertiary/aromatic N) is 10. The Bertz CT molecular complexity index is 9640. The highest BCUT2D eigenvalue weighted by Gasteiger charge is 2.25. The van der Waals surface area contributed by atoms with Gasteiger partial charge in [0.1, 0.15) is 22.3 Å². The van der Waals surface area contributed by atoms with Crippen molar-refractivity contribution in [1.82, 2.24) is 48.2 Å². The van der Waals surface area contributed by atoms with Gasteiger partial charge in [-0.25, -0.2) is 29.9 Å². The molecule has 0 amide bonds. The summed E-state index contributed by atoms with van der Waals surface area (Å²) in [6.07, 6.45) is 0. The Morgan fingerprint density at radius 2 is 0.360 bits per heavy atom. The number of furan rings is 2. The molecule has 139 heavy (non-hydrogen) atoms. The standard InChI is InChI=1S/C64H41N5O.C63H39N5O/c1-40-21-28-49(29-22-40)69-56-20-12-11-19-50(56)52-35-43(24-31-57(52)69)44-25-32-58-53(36-44)54-37-45(26-33-59(54)68(58)48-17-9-4-10-18-48)46-27-34-60-55(38-46)51-30-23-47(39-61(51)70-60)64-66-62(41-13-5-2-6-14-41)65-63(67-64)42-15-7-3-8-16-42;1-5-15-40(16-6-1)61-64-62(41-17-7-2-8-18-41)66-63(65-61)46-25-30-50-54-38-45(29-34-59(54)69-60(50)39-46)44-28-33-58-53(37-44)52-36-43(27-32-57(52)68(58)48-21-11-4-12-22-48)42-26-31-56-51(35-42)49-23-13-14-24-55(49)67(56)47-19-9-3-10-20-47/h2-39H,1H3;1-39H. The Labute approximate surface area is 797 Å². The van der Waals surface area contributed by atoms with E-state index in [4.69, 9.17) is 38.7 Å². The van der Waals surface area contributed by atoms with Crippen LogP contribution in [0.4, 0.5) is 0 Å². The molecule has 12 nitrogen and oxygen atoms in total. The van der Waals surface area contributed by atoms with Crippen molar-refractivity contribution in [1.29, 1.82) is 0 Å². The predicted molar refractivity (Wildman–Crippen MR) is 571 cm³/mol. The van der Waals surface area contributed by atoms with Crippen molar-refractivity contribution in [2.45, 2.75) is 6.92 Å². The monoisotopic (exact) mass is 1780 g/mol. The van der Waals surface area contributed by atoms with Crippen LogP contribution in [0.2, 0.25) is 0 Å². The van der Waals surface area contributed by atoms with Crippen LogP contribution >= 0.6 is 0 Å². The van der Waals surface area contributed by atoms with E-state index in [1.165, 1.54) is 93.0 Å². The minimum atomic E-state index is 0.591. The van der Waals surface area contributed by atoms with Crippen LogP contribution in [-0.2, 0) is 0 Å². The van der Waals surface area contributed by atoms with E-state index in [-0.39, 0.29) is 0 Å². The minimum absolute atomic E-state index is 0.591. The molecule has 0 unspecified atom stereocenters. The lowest BCUT2D eigenvalue weighted by molar-refractivity contribution is 0.668. The highest BCUT2D eigenvalue weighted by Crippen LogP contribution is 2.46. The van der Waals surface area contributed by atoms with Crippen molar-refractivity contribution in [3.05, 3.63) is 473 Å². The maximum atomic E-state index is 6.57. The van der Waals surface area contributed by atoms with Crippen LogP contribution in [0.25, 0.3) is 267 Å². The largest absolute Gasteiger partial charge is 0.456 e. The van der Waals surface area contributed by atoms with E-state index in [2.05, 4.69) is 371 Å². The molecular formula is C127H80N10O2. The average Bonchev–Trinajstić information content (AvgIpc) is 1.57. The maximum Gasteiger partial charge on any atom is 0.164 e. The number of rotatable bonds is 14. The van der Waals surface area contributed by atoms with E-state index in [1.54, 1.807) is 0 Å². The second-order valence-electron chi connectivity index (χ2n) is 35.7. The van der Waals surface area contributed by atoms with Crippen LogP contribution in [-0.4, -0.2) is 48.2 Å². The van der Waals surface area contributed by atoms with Gasteiger partial charge in [-0.1, -0.05) is 291 Å². The summed E-state index contributed by atoms with van der Waals surface area (Å²) in [7, 11) is 0. The number of aromatic nitrogens is 10. The van der Waals surface area contributed by atoms with E-state index in [0.29, 0.717) is 34.9 Å². The molecule has 0 fully saturated rings. The van der Waals surface area contributed by atoms with Gasteiger partial charge in [-0.2, -0.15) is 0 Å². The third kappa shape index (κ3) is 13.9. The van der Waals surface area contributed by atoms with E-state index in [1.807, 2.05) is 121 Å². The second kappa shape index (κ2) is 32.8. The summed E-state index contributed by atoms with van der Waals surface area (Å²) in [5.74, 6) is 3.68. The molecule has 20 aromatic carbocycles. The Kier molecular flexibility index (Phi) is 18.9. The van der Waals surface area contributed by atoms with Gasteiger partial charge in [-0.3, -0.25) is 0 Å². The summed E-state index contributed by atoms with van der Waals surface area (Å²) in [6, 6.07) is 165. The topological polar surface area (TPSA) is 123 Å². The van der Waals surface area contributed by atoms with E-state index in [0.717, 1.165) is 144 Å². The van der Waals surface area contributed by atoms with Gasteiger partial charge < -0.3 is 27.1 Å². The predicted octanol–water partition coefficient (Wildman–Crippen LogP) is 32.9. The van der Waals surface area contributed by atoms with Gasteiger partial charge in [-0.15, -0.1) is 0 Å². The number of fused-ring (bicyclic) bond motifs is 18. The Balaban J connectivity index is 0.000000140. The van der Waals surface area contributed by atoms with Gasteiger partial charge in [0.25, 0.3) is 0 Å². The quantitative estimate of drug-likeness (QED) is 0.105. The van der Waals surface area contributed by atoms with Crippen LogP contribution in [0, 0.1) is 6.92 Å². The SMILES string of the molecule is Cc1ccc(-n2c3ccccc3c3cc(-c4ccc5c(c4)c4cc(-c6ccc7oc8cc(-c9nc(-c%10ccccc%10)nc(-c%10ccccc%10)n9)ccc8c7c6)ccc4n5-c4ccccc4)ccc32)cc1.c1ccc(-c2nc(-c3ccccc3)nc(-c3ccc4c(c3)oc3ccc(-c5ccc6c(c5)c5cc(-c7ccc8c(c7)c7ccccc7n8-c7ccccc7)ccc5n6-c5ccccc5)cc34)n2)cc1. The van der Waals surface area contributed by atoms with E-state index < -0.39 is 0 Å². The highest BCUT2D eigenvalue weighted by molar-refractivity contribution is 6.17. The molecule has 0 N–H and O–H groups in total. The zero-order valence-corrected chi connectivity index (χ0v) is 75.2. The first-order chi connectivity index (χ1) is 68.8. The van der Waals surface area contributed by atoms with Gasteiger partial charge >= 0.3 is 0 Å². The number of benzene rings is 20. The summed E-state index contributed by atoms with van der Waals surface area (Å²) in [4.78, 5) is 29.7. The fourth-order valence-corrected chi connectivity index (χ4v) is 20.7. The second-order valence-corrected chi connectivity index (χ2v) is 35.7. The van der Waals surface area contributed by atoms with Gasteiger partial charge in [0.2, 0.25) is 0 Å². The van der Waals surface area contributed by atoms with Crippen LogP contribution in [0.1, 0.15) is 5.56 Å². The Hall–Kier alpha value is -18.8. The molecule has 650 valence electrons. The fourth-order valence-electron chi connectivity index (χ4n) is 20.7. The highest BCUT2D eigenvalue weighted by atomic mass is 16.3. The van der Waals surface area contributed by atoms with Crippen molar-refractivity contribution < 1.29 is 8.83 Å². The molecule has 28 rings (SSSR count). The Morgan fingerprint density at radius 1 is 0.144 bits per heavy atom. The molecule has 0 bridgehead atoms. The van der Waals surface area contributed by atoms with Crippen LogP contribution < -0.4 is 0 Å². The molecule has 0 aliphatic heterocycles. The smallest absolute Gasteiger partial charge is 0.164 e. The van der Waals surface area contributed by atoms with E-state index in [9.17, 15) is 0 Å². The Morgan fingerprint density at radius 3 is 0.647 bits per heavy atom. The first kappa shape index (κ1) is 79.9. The van der Waals surface area contributed by atoms with E-state index >= 15 is 0 Å². The molecule has 0 aliphatic rings. The molecule has 28 aromatic rings. The summed E-state index contributed by atoms with van der Waals surface area (Å²) in [5, 5.41) is 13.9. The molecule has 0 radical (unpaired) electrons. The minimum Gasteiger partial charge on any atom is -0.456 e. The molecule has 0 saturated heterocycles. The maximum absolute atomic E-state index is 6.57. The van der Waals surface area contributed by atoms with Crippen molar-refractivity contribution in [3.63, 3.8) is 0 Å². The van der Waals surface area contributed by atoms with Crippen LogP contribution in [0.5, 0.6) is 0 Å². The first-order valence-corrected chi connectivity index (χ1v) is 46.9. The van der Waals surface area contributed by atoms with Crippen molar-refractivity contribution in [3.8, 4) is 136 Å². The number of hydrogen-bond acceptors (Lipinski definition) is 8. The summed E-state index contributed by atoms with van der Waals surface area (Å²) >= 11 is 0. The summed E-state index contributed by atoms with van der Waals surface area (Å²) in [6.45, 7) is 2.14. The van der Waals surface area contributed by atoms with Crippen molar-refractivity contribution in [2.75, 3.05) is 0 Å². The zero-order chi connectivity index (χ0) is 91.7. The summed E-state index contributed by atoms with van der Waals surface area (Å²) < 4.78 is 22.7. The number of aryl methyl sites for hydroxylation is 1. The van der Waals surface area contributed by atoms with Crippen molar-refractivity contribution >= 4 is 131 Å². The number of para-hydroxylation sites is 5. The zero-order valence-electron chi connectivity index (χ0n) is 75.2. The molecule has 0 spiro atoms. The van der Waals surface area contributed by atoms with Gasteiger partial charge in [0, 0.05) is 121 Å². The normalized spacial score (nSPS) is 11.8. The van der Waals surface area contributed by atoms with Crippen LogP contribution in [0.3, 0.4) is 0 Å². The molecule has 0 aliphatic carbocycles. The molecule has 0 saturated carbocycles. The van der Waals surface area contributed by atoms with Gasteiger partial charge in [0.05, 0.1) is 44.1 Å². The molecule has 8 aromatic heterocycles. The van der Waals surface area contributed by atoms with Crippen molar-refractivity contribution in [2.24, 2.45) is 0 Å². The lowest BCUT2D eigenvalue weighted by Gasteiger charge is -2.09. The van der Waals surface area contributed by atoms with Gasteiger partial charge in [-0.05, 0) is 233 Å². The molecule has 0 atom stereocenters. The molecule has 12 heteroatoms. The lowest BCUT2D eigenvalue weighted by atomic mass is 9.98. The average molecular weight is 1780 g/mol. The first-order valence-electron chi connectivity index (χ1n) is 46.9. The van der Waals surface area contributed by atoms with Crippen LogP contribution in [0.15, 0.2) is 476 Å². The third-order valence-electron chi connectivity index (χ3n) is 27.4.